The van der Waals surface area contributed by atoms with Crippen LogP contribution in [0.4, 0.5) is 0 Å². The molecule has 0 saturated carbocycles. The zero-order chi connectivity index (χ0) is 11.8. The number of hydrogen-bond donors (Lipinski definition) is 0. The summed E-state index contributed by atoms with van der Waals surface area (Å²) in [5.74, 6) is 0.392. The van der Waals surface area contributed by atoms with Gasteiger partial charge in [0.15, 0.2) is 5.78 Å². The van der Waals surface area contributed by atoms with E-state index in [0.29, 0.717) is 0 Å². The van der Waals surface area contributed by atoms with Crippen molar-refractivity contribution in [2.75, 3.05) is 0 Å². The molecule has 1 aliphatic carbocycles. The largest absolute Gasteiger partial charge is 0.294 e. The molecule has 0 radical (unpaired) electrons. The summed E-state index contributed by atoms with van der Waals surface area (Å²) in [6.07, 6.45) is 4.43. The van der Waals surface area contributed by atoms with E-state index in [-0.39, 0.29) is 11.7 Å². The van der Waals surface area contributed by atoms with Crippen LogP contribution < -0.4 is 0 Å². The van der Waals surface area contributed by atoms with Crippen LogP contribution in [0.25, 0.3) is 11.1 Å². The third kappa shape index (κ3) is 1.57. The van der Waals surface area contributed by atoms with E-state index in [1.54, 1.807) is 12.4 Å². The Morgan fingerprint density at radius 2 is 1.82 bits per heavy atom. The van der Waals surface area contributed by atoms with Gasteiger partial charge in [0.2, 0.25) is 0 Å². The van der Waals surface area contributed by atoms with E-state index in [1.165, 1.54) is 11.1 Å². The monoisotopic (exact) mass is 223 g/mol. The van der Waals surface area contributed by atoms with Gasteiger partial charge in [0.05, 0.1) is 0 Å². The Kier molecular flexibility index (Phi) is 2.29. The third-order valence-corrected chi connectivity index (χ3v) is 3.39. The summed E-state index contributed by atoms with van der Waals surface area (Å²) in [5, 5.41) is 0. The van der Waals surface area contributed by atoms with Crippen LogP contribution in [-0.2, 0) is 6.42 Å². The van der Waals surface area contributed by atoms with Crippen LogP contribution in [0.5, 0.6) is 0 Å². The van der Waals surface area contributed by atoms with E-state index in [4.69, 9.17) is 0 Å². The second-order valence-corrected chi connectivity index (χ2v) is 4.54. The number of nitrogens with zero attached hydrogens (tertiary/aromatic N) is 1. The lowest BCUT2D eigenvalue weighted by molar-refractivity contribution is 0.0946. The first-order chi connectivity index (χ1) is 8.27. The molecule has 0 fully saturated rings. The van der Waals surface area contributed by atoms with Crippen LogP contribution in [-0.4, -0.2) is 10.8 Å². The minimum Gasteiger partial charge on any atom is -0.294 e. The molecule has 0 bridgehead atoms. The highest BCUT2D eigenvalue weighted by Gasteiger charge is 2.28. The normalized spacial score (nSPS) is 18.2. The maximum absolute atomic E-state index is 12.0. The molecular weight excluding hydrogens is 210 g/mol. The van der Waals surface area contributed by atoms with E-state index in [2.05, 4.69) is 11.1 Å². The van der Waals surface area contributed by atoms with Crippen molar-refractivity contribution in [2.24, 2.45) is 5.92 Å². The van der Waals surface area contributed by atoms with E-state index in [9.17, 15) is 4.79 Å². The predicted molar refractivity (Wildman–Crippen MR) is 66.9 cm³/mol. The van der Waals surface area contributed by atoms with Gasteiger partial charge >= 0.3 is 0 Å². The standard InChI is InChI=1S/C15H13NO/c1-10-9-14-12(11-5-7-16-8-6-11)3-2-4-13(14)15(10)17/h2-8,10H,9H2,1H3. The average molecular weight is 223 g/mol. The van der Waals surface area contributed by atoms with Crippen molar-refractivity contribution in [1.82, 2.24) is 4.98 Å². The molecule has 84 valence electrons. The van der Waals surface area contributed by atoms with Gasteiger partial charge in [0.1, 0.15) is 0 Å². The van der Waals surface area contributed by atoms with Gasteiger partial charge in [-0.2, -0.15) is 0 Å². The number of hydrogen-bond acceptors (Lipinski definition) is 2. The molecule has 0 amide bonds. The van der Waals surface area contributed by atoms with Crippen molar-refractivity contribution >= 4 is 5.78 Å². The smallest absolute Gasteiger partial charge is 0.166 e. The lowest BCUT2D eigenvalue weighted by Gasteiger charge is -2.07. The van der Waals surface area contributed by atoms with Gasteiger partial charge in [-0.1, -0.05) is 25.1 Å². The number of ketones is 1. The molecule has 1 heterocycles. The number of Topliss-reactive ketones (excluding diaryl/α,β-unsaturated/α-hetero) is 1. The molecule has 2 nitrogen and oxygen atoms in total. The zero-order valence-electron chi connectivity index (χ0n) is 9.68. The van der Waals surface area contributed by atoms with Crippen LogP contribution in [0.3, 0.4) is 0 Å². The molecule has 1 aromatic heterocycles. The predicted octanol–water partition coefficient (Wildman–Crippen LogP) is 3.12. The number of aromatic nitrogens is 1. The van der Waals surface area contributed by atoms with Crippen LogP contribution in [0.2, 0.25) is 0 Å². The first-order valence-corrected chi connectivity index (χ1v) is 5.84. The Morgan fingerprint density at radius 1 is 1.12 bits per heavy atom. The molecule has 1 aromatic carbocycles. The highest BCUT2D eigenvalue weighted by Crippen LogP contribution is 2.34. The van der Waals surface area contributed by atoms with Crippen molar-refractivity contribution in [2.45, 2.75) is 13.3 Å². The maximum Gasteiger partial charge on any atom is 0.166 e. The number of carbonyl (C=O) groups excluding carboxylic acids is 1. The molecule has 1 atom stereocenters. The molecule has 0 saturated heterocycles. The average Bonchev–Trinajstić information content (AvgIpc) is 2.67. The Labute approximate surface area is 100 Å². The van der Waals surface area contributed by atoms with Gasteiger partial charge in [-0.3, -0.25) is 9.78 Å². The number of rotatable bonds is 1. The van der Waals surface area contributed by atoms with Crippen molar-refractivity contribution in [3.8, 4) is 11.1 Å². The van der Waals surface area contributed by atoms with Gasteiger partial charge in [0, 0.05) is 23.9 Å². The number of fused-ring (bicyclic) bond motifs is 1. The van der Waals surface area contributed by atoms with Crippen molar-refractivity contribution < 1.29 is 4.79 Å². The van der Waals surface area contributed by atoms with E-state index in [1.807, 2.05) is 31.2 Å². The van der Waals surface area contributed by atoms with Crippen molar-refractivity contribution in [3.05, 3.63) is 53.9 Å². The first kappa shape index (κ1) is 10.2. The Morgan fingerprint density at radius 3 is 2.59 bits per heavy atom. The molecule has 2 heteroatoms. The number of carbonyl (C=O) groups is 1. The van der Waals surface area contributed by atoms with Gasteiger partial charge in [-0.15, -0.1) is 0 Å². The van der Waals surface area contributed by atoms with Gasteiger partial charge in [-0.25, -0.2) is 0 Å². The highest BCUT2D eigenvalue weighted by molar-refractivity contribution is 6.03. The minimum absolute atomic E-state index is 0.119. The summed E-state index contributed by atoms with van der Waals surface area (Å²) < 4.78 is 0. The SMILES string of the molecule is CC1Cc2c(cccc2-c2ccncc2)C1=O. The van der Waals surface area contributed by atoms with Gasteiger partial charge in [-0.05, 0) is 35.2 Å². The summed E-state index contributed by atoms with van der Waals surface area (Å²) in [7, 11) is 0. The summed E-state index contributed by atoms with van der Waals surface area (Å²) >= 11 is 0. The molecule has 2 aromatic rings. The van der Waals surface area contributed by atoms with Crippen LogP contribution in [0.1, 0.15) is 22.8 Å². The molecule has 0 N–H and O–H groups in total. The molecule has 17 heavy (non-hydrogen) atoms. The van der Waals surface area contributed by atoms with E-state index in [0.717, 1.165) is 17.5 Å². The highest BCUT2D eigenvalue weighted by atomic mass is 16.1. The van der Waals surface area contributed by atoms with E-state index >= 15 is 0 Å². The first-order valence-electron chi connectivity index (χ1n) is 5.84. The minimum atomic E-state index is 0.119. The summed E-state index contributed by atoms with van der Waals surface area (Å²) in [4.78, 5) is 16.0. The Balaban J connectivity index is 2.19. The summed E-state index contributed by atoms with van der Waals surface area (Å²) in [6.45, 7) is 2.00. The maximum atomic E-state index is 12.0. The van der Waals surface area contributed by atoms with Crippen LogP contribution in [0.15, 0.2) is 42.7 Å². The summed E-state index contributed by atoms with van der Waals surface area (Å²) in [5.41, 5.74) is 4.39. The molecule has 1 aliphatic rings. The fourth-order valence-electron chi connectivity index (χ4n) is 2.50. The van der Waals surface area contributed by atoms with Gasteiger partial charge < -0.3 is 0 Å². The second kappa shape index (κ2) is 3.81. The fraction of sp³-hybridized carbons (Fsp3) is 0.200. The van der Waals surface area contributed by atoms with Crippen LogP contribution in [0, 0.1) is 5.92 Å². The molecular formula is C15H13NO. The molecule has 3 rings (SSSR count). The topological polar surface area (TPSA) is 30.0 Å². The van der Waals surface area contributed by atoms with E-state index < -0.39 is 0 Å². The van der Waals surface area contributed by atoms with Crippen LogP contribution >= 0.6 is 0 Å². The molecule has 1 unspecified atom stereocenters. The molecule has 0 spiro atoms. The van der Waals surface area contributed by atoms with Gasteiger partial charge in [0.25, 0.3) is 0 Å². The quantitative estimate of drug-likeness (QED) is 0.743. The van der Waals surface area contributed by atoms with Crippen molar-refractivity contribution in [3.63, 3.8) is 0 Å². The summed E-state index contributed by atoms with van der Waals surface area (Å²) in [6, 6.07) is 9.96. The van der Waals surface area contributed by atoms with Crippen molar-refractivity contribution in [1.29, 1.82) is 0 Å². The third-order valence-electron chi connectivity index (χ3n) is 3.39. The Hall–Kier alpha value is -1.96. The lowest BCUT2D eigenvalue weighted by Crippen LogP contribution is -2.02. The zero-order valence-corrected chi connectivity index (χ0v) is 9.68. The second-order valence-electron chi connectivity index (χ2n) is 4.54. The molecule has 0 aliphatic heterocycles. The Bertz CT molecular complexity index is 575. The lowest BCUT2D eigenvalue weighted by atomic mass is 9.97. The number of benzene rings is 1. The number of pyridine rings is 1. The fourth-order valence-corrected chi connectivity index (χ4v) is 2.50.